The number of halogens is 1. The molecule has 1 atom stereocenters. The number of rotatable bonds is 8. The topological polar surface area (TPSA) is 66.1 Å². The molecule has 2 rings (SSSR count). The molecule has 0 spiro atoms. The van der Waals surface area contributed by atoms with E-state index in [9.17, 15) is 0 Å². The van der Waals surface area contributed by atoms with Gasteiger partial charge in [-0.05, 0) is 31.5 Å². The first kappa shape index (κ1) is 19.8. The molecule has 0 amide bonds. The van der Waals surface area contributed by atoms with Gasteiger partial charge in [-0.25, -0.2) is 0 Å². The van der Waals surface area contributed by atoms with Crippen molar-refractivity contribution < 1.29 is 4.74 Å². The highest BCUT2D eigenvalue weighted by atomic mass is 35.5. The molecule has 0 aromatic heterocycles. The van der Waals surface area contributed by atoms with Crippen LogP contribution in [0.3, 0.4) is 0 Å². The Hall–Kier alpha value is -1.50. The van der Waals surface area contributed by atoms with Crippen molar-refractivity contribution in [1.82, 2.24) is 10.2 Å². The maximum absolute atomic E-state index is 6.08. The van der Waals surface area contributed by atoms with E-state index in [1.165, 1.54) is 5.69 Å². The number of ether oxygens (including phenoxy) is 1. The van der Waals surface area contributed by atoms with Gasteiger partial charge in [0.05, 0.1) is 6.61 Å². The highest BCUT2D eigenvalue weighted by Crippen LogP contribution is 2.20. The molecule has 1 aromatic carbocycles. The van der Waals surface area contributed by atoms with E-state index in [-0.39, 0.29) is 6.04 Å². The summed E-state index contributed by atoms with van der Waals surface area (Å²) in [6.07, 6.45) is 1.01. The summed E-state index contributed by atoms with van der Waals surface area (Å²) in [5, 5.41) is 3.91. The second-order valence-electron chi connectivity index (χ2n) is 6.43. The molecule has 3 N–H and O–H groups in total. The molecule has 1 aromatic rings. The molecule has 0 radical (unpaired) electrons. The summed E-state index contributed by atoms with van der Waals surface area (Å²) < 4.78 is 5.07. The van der Waals surface area contributed by atoms with Crippen molar-refractivity contribution in [2.45, 2.75) is 19.4 Å². The minimum atomic E-state index is 0.174. The zero-order valence-electron chi connectivity index (χ0n) is 15.2. The molecule has 1 saturated heterocycles. The molecule has 1 fully saturated rings. The van der Waals surface area contributed by atoms with Gasteiger partial charge in [0, 0.05) is 63.1 Å². The van der Waals surface area contributed by atoms with E-state index in [2.05, 4.69) is 26.2 Å². The number of nitrogens with zero attached hydrogens (tertiary/aromatic N) is 3. The predicted molar refractivity (Wildman–Crippen MR) is 106 cm³/mol. The number of hydrogen-bond donors (Lipinski definition) is 2. The fourth-order valence-corrected chi connectivity index (χ4v) is 3.17. The van der Waals surface area contributed by atoms with E-state index >= 15 is 0 Å². The molecule has 0 bridgehead atoms. The molecule has 0 aliphatic carbocycles. The number of benzene rings is 1. The average molecular weight is 368 g/mol. The number of hydrogen-bond acceptors (Lipinski definition) is 4. The van der Waals surface area contributed by atoms with Crippen LogP contribution in [0.4, 0.5) is 5.69 Å². The molecule has 1 aliphatic rings. The van der Waals surface area contributed by atoms with Crippen LogP contribution in [0, 0.1) is 0 Å². The lowest BCUT2D eigenvalue weighted by Gasteiger charge is -2.36. The fraction of sp³-hybridized carbons (Fsp3) is 0.611. The number of methoxy groups -OCH3 is 1. The quantitative estimate of drug-likeness (QED) is 0.416. The van der Waals surface area contributed by atoms with Crippen LogP contribution in [0.5, 0.6) is 0 Å². The van der Waals surface area contributed by atoms with Crippen molar-refractivity contribution in [3.8, 4) is 0 Å². The molecule has 1 heterocycles. The number of piperazine rings is 1. The van der Waals surface area contributed by atoms with E-state index in [0.717, 1.165) is 50.7 Å². The lowest BCUT2D eigenvalue weighted by atomic mass is 10.2. The third-order valence-electron chi connectivity index (χ3n) is 4.27. The highest BCUT2D eigenvalue weighted by molar-refractivity contribution is 6.30. The van der Waals surface area contributed by atoms with Crippen LogP contribution in [0.25, 0.3) is 0 Å². The Bertz CT molecular complexity index is 546. The Kier molecular flexibility index (Phi) is 8.31. The molecule has 0 saturated carbocycles. The van der Waals surface area contributed by atoms with E-state index in [0.29, 0.717) is 12.6 Å². The zero-order chi connectivity index (χ0) is 18.1. The van der Waals surface area contributed by atoms with Crippen molar-refractivity contribution >= 4 is 23.2 Å². The van der Waals surface area contributed by atoms with Crippen molar-refractivity contribution in [3.05, 3.63) is 29.3 Å². The summed E-state index contributed by atoms with van der Waals surface area (Å²) >= 11 is 6.08. The summed E-state index contributed by atoms with van der Waals surface area (Å²) in [6.45, 7) is 8.62. The first-order valence-corrected chi connectivity index (χ1v) is 9.24. The summed E-state index contributed by atoms with van der Waals surface area (Å²) in [7, 11) is 1.68. The van der Waals surface area contributed by atoms with Gasteiger partial charge in [-0.1, -0.05) is 17.7 Å². The van der Waals surface area contributed by atoms with Gasteiger partial charge in [-0.2, -0.15) is 0 Å². The number of guanidine groups is 1. The van der Waals surface area contributed by atoms with Crippen LogP contribution in [-0.4, -0.2) is 69.9 Å². The molecule has 1 aliphatic heterocycles. The summed E-state index contributed by atoms with van der Waals surface area (Å²) in [5.74, 6) is 0.496. The Labute approximate surface area is 156 Å². The van der Waals surface area contributed by atoms with Gasteiger partial charge >= 0.3 is 0 Å². The van der Waals surface area contributed by atoms with E-state index < -0.39 is 0 Å². The first-order chi connectivity index (χ1) is 12.1. The summed E-state index contributed by atoms with van der Waals surface area (Å²) in [4.78, 5) is 9.25. The number of nitrogens with one attached hydrogen (secondary N) is 1. The lowest BCUT2D eigenvalue weighted by Crippen LogP contribution is -2.46. The first-order valence-electron chi connectivity index (χ1n) is 8.86. The molecule has 1 unspecified atom stereocenters. The standard InChI is InChI=1S/C18H30ClN5O/c1-15(14-25-2)22-18(20)21-7-4-8-23-9-11-24(12-10-23)17-6-3-5-16(19)13-17/h3,5-6,13,15H,4,7-12,14H2,1-2H3,(H3,20,21,22). The van der Waals surface area contributed by atoms with E-state index in [4.69, 9.17) is 22.1 Å². The smallest absolute Gasteiger partial charge is 0.188 e. The number of anilines is 1. The van der Waals surface area contributed by atoms with Gasteiger partial charge in [0.25, 0.3) is 0 Å². The summed E-state index contributed by atoms with van der Waals surface area (Å²) in [5.41, 5.74) is 7.08. The van der Waals surface area contributed by atoms with Gasteiger partial charge in [0.15, 0.2) is 5.96 Å². The van der Waals surface area contributed by atoms with Crippen LogP contribution >= 0.6 is 11.6 Å². The van der Waals surface area contributed by atoms with Gasteiger partial charge in [-0.15, -0.1) is 0 Å². The number of aliphatic imine (C=N–C) groups is 1. The summed E-state index contributed by atoms with van der Waals surface area (Å²) in [6, 6.07) is 8.25. The monoisotopic (exact) mass is 367 g/mol. The van der Waals surface area contributed by atoms with Crippen molar-refractivity contribution in [2.75, 3.05) is 57.9 Å². The van der Waals surface area contributed by atoms with Crippen LogP contribution in [0.2, 0.25) is 5.02 Å². The average Bonchev–Trinajstić information content (AvgIpc) is 2.59. The lowest BCUT2D eigenvalue weighted by molar-refractivity contribution is 0.179. The minimum absolute atomic E-state index is 0.174. The minimum Gasteiger partial charge on any atom is -0.383 e. The van der Waals surface area contributed by atoms with E-state index in [1.54, 1.807) is 7.11 Å². The van der Waals surface area contributed by atoms with Gasteiger partial charge in [-0.3, -0.25) is 9.89 Å². The largest absolute Gasteiger partial charge is 0.383 e. The van der Waals surface area contributed by atoms with Crippen LogP contribution in [-0.2, 0) is 4.74 Å². The molecule has 7 heteroatoms. The third kappa shape index (κ3) is 7.10. The van der Waals surface area contributed by atoms with Crippen molar-refractivity contribution in [2.24, 2.45) is 10.7 Å². The third-order valence-corrected chi connectivity index (χ3v) is 4.51. The molecular weight excluding hydrogens is 338 g/mol. The van der Waals surface area contributed by atoms with Crippen molar-refractivity contribution in [3.63, 3.8) is 0 Å². The predicted octanol–water partition coefficient (Wildman–Crippen LogP) is 1.79. The Morgan fingerprint density at radius 1 is 1.36 bits per heavy atom. The maximum atomic E-state index is 6.08. The Morgan fingerprint density at radius 3 is 2.80 bits per heavy atom. The van der Waals surface area contributed by atoms with Crippen LogP contribution < -0.4 is 16.0 Å². The van der Waals surface area contributed by atoms with E-state index in [1.807, 2.05) is 25.1 Å². The second-order valence-corrected chi connectivity index (χ2v) is 6.87. The van der Waals surface area contributed by atoms with Gasteiger partial charge < -0.3 is 20.7 Å². The normalized spacial score (nSPS) is 17.6. The Morgan fingerprint density at radius 2 is 2.12 bits per heavy atom. The van der Waals surface area contributed by atoms with Crippen LogP contribution in [0.15, 0.2) is 29.3 Å². The highest BCUT2D eigenvalue weighted by Gasteiger charge is 2.16. The SMILES string of the molecule is COCC(C)NC(N)=NCCCN1CCN(c2cccc(Cl)c2)CC1. The van der Waals surface area contributed by atoms with Gasteiger partial charge in [0.2, 0.25) is 0 Å². The second kappa shape index (κ2) is 10.5. The molecule has 140 valence electrons. The molecule has 25 heavy (non-hydrogen) atoms. The van der Waals surface area contributed by atoms with Gasteiger partial charge in [0.1, 0.15) is 0 Å². The molecular formula is C18H30ClN5O. The Balaban J connectivity index is 1.64. The number of nitrogens with two attached hydrogens (primary N) is 1. The fourth-order valence-electron chi connectivity index (χ4n) is 2.99. The zero-order valence-corrected chi connectivity index (χ0v) is 16.0. The maximum Gasteiger partial charge on any atom is 0.188 e. The molecule has 6 nitrogen and oxygen atoms in total. The van der Waals surface area contributed by atoms with Crippen molar-refractivity contribution in [1.29, 1.82) is 0 Å². The van der Waals surface area contributed by atoms with Crippen LogP contribution in [0.1, 0.15) is 13.3 Å².